The molecule has 0 aliphatic rings. The molecule has 28 heavy (non-hydrogen) atoms. The highest BCUT2D eigenvalue weighted by Gasteiger charge is 2.19. The molecule has 0 aliphatic heterocycles. The van der Waals surface area contributed by atoms with Crippen molar-refractivity contribution >= 4 is 22.6 Å². The van der Waals surface area contributed by atoms with Crippen LogP contribution in [0.5, 0.6) is 5.75 Å². The molecule has 1 aromatic carbocycles. The van der Waals surface area contributed by atoms with Crippen molar-refractivity contribution in [3.63, 3.8) is 0 Å². The third-order valence-electron chi connectivity index (χ3n) is 4.75. The van der Waals surface area contributed by atoms with Crippen LogP contribution >= 0.6 is 11.5 Å². The maximum absolute atomic E-state index is 12.1. The summed E-state index contributed by atoms with van der Waals surface area (Å²) in [7, 11) is 1.67. The van der Waals surface area contributed by atoms with Gasteiger partial charge in [0.2, 0.25) is 11.0 Å². The molecule has 0 fully saturated rings. The number of hydrogen-bond acceptors (Lipinski definition) is 6. The lowest BCUT2D eigenvalue weighted by atomic mass is 10.1. The molecule has 154 valence electrons. The summed E-state index contributed by atoms with van der Waals surface area (Å²) in [5, 5.41) is 3.87. The van der Waals surface area contributed by atoms with Gasteiger partial charge in [0.15, 0.2) is 0 Å². The molecule has 0 bridgehead atoms. The summed E-state index contributed by atoms with van der Waals surface area (Å²) in [6.07, 6.45) is 4.23. The molecule has 0 spiro atoms. The molecule has 7 heteroatoms. The molecular weight excluding hydrogens is 372 g/mol. The summed E-state index contributed by atoms with van der Waals surface area (Å²) >= 11 is 1.41. The number of benzene rings is 1. The first-order valence-electron chi connectivity index (χ1n) is 10.1. The predicted molar refractivity (Wildman–Crippen MR) is 115 cm³/mol. The number of amides is 1. The van der Waals surface area contributed by atoms with Crippen LogP contribution in [0.3, 0.4) is 0 Å². The SMILES string of the molecule is CCCCNC(=O)CCN(c1nc(Cc2cccc(OC)c2)ns1)[C@H](C)CC. The van der Waals surface area contributed by atoms with E-state index >= 15 is 0 Å². The standard InChI is InChI=1S/C21H32N4O2S/c1-5-7-12-22-20(26)11-13-25(16(3)6-2)21-23-19(24-28-21)15-17-9-8-10-18(14-17)27-4/h8-10,14,16H,5-7,11-13,15H2,1-4H3,(H,22,26)/t16-/m1/s1. The van der Waals surface area contributed by atoms with Gasteiger partial charge in [-0.25, -0.2) is 4.98 Å². The molecule has 1 heterocycles. The Bertz CT molecular complexity index is 735. The van der Waals surface area contributed by atoms with E-state index in [0.29, 0.717) is 25.4 Å². The molecule has 6 nitrogen and oxygen atoms in total. The van der Waals surface area contributed by atoms with Crippen molar-refractivity contribution in [1.29, 1.82) is 0 Å². The van der Waals surface area contributed by atoms with Gasteiger partial charge >= 0.3 is 0 Å². The summed E-state index contributed by atoms with van der Waals surface area (Å²) in [5.41, 5.74) is 1.12. The van der Waals surface area contributed by atoms with Crippen LogP contribution in [-0.4, -0.2) is 41.5 Å². The zero-order valence-corrected chi connectivity index (χ0v) is 18.2. The van der Waals surface area contributed by atoms with Gasteiger partial charge in [0.05, 0.1) is 7.11 Å². The second-order valence-electron chi connectivity index (χ2n) is 6.93. The van der Waals surface area contributed by atoms with Gasteiger partial charge in [-0.05, 0) is 37.5 Å². The van der Waals surface area contributed by atoms with E-state index in [2.05, 4.69) is 41.4 Å². The number of nitrogens with one attached hydrogen (secondary N) is 1. The molecule has 1 amide bonds. The third-order valence-corrected chi connectivity index (χ3v) is 5.55. The van der Waals surface area contributed by atoms with Gasteiger partial charge in [-0.15, -0.1) is 0 Å². The average molecular weight is 405 g/mol. The van der Waals surface area contributed by atoms with Crippen LogP contribution in [0.2, 0.25) is 0 Å². The smallest absolute Gasteiger partial charge is 0.221 e. The van der Waals surface area contributed by atoms with Crippen LogP contribution in [0.15, 0.2) is 24.3 Å². The molecule has 2 aromatic rings. The lowest BCUT2D eigenvalue weighted by Gasteiger charge is -2.27. The van der Waals surface area contributed by atoms with Crippen LogP contribution < -0.4 is 15.0 Å². The molecule has 1 N–H and O–H groups in total. The Morgan fingerprint density at radius 1 is 1.36 bits per heavy atom. The van der Waals surface area contributed by atoms with E-state index in [1.54, 1.807) is 7.11 Å². The second-order valence-corrected chi connectivity index (χ2v) is 7.66. The highest BCUT2D eigenvalue weighted by molar-refractivity contribution is 7.09. The quantitative estimate of drug-likeness (QED) is 0.541. The monoisotopic (exact) mass is 404 g/mol. The van der Waals surface area contributed by atoms with Gasteiger partial charge in [-0.3, -0.25) is 4.79 Å². The van der Waals surface area contributed by atoms with Gasteiger partial charge in [0.25, 0.3) is 0 Å². The first-order chi connectivity index (χ1) is 13.6. The van der Waals surface area contributed by atoms with E-state index < -0.39 is 0 Å². The molecule has 0 saturated carbocycles. The Kier molecular flexibility index (Phi) is 9.20. The number of anilines is 1. The van der Waals surface area contributed by atoms with E-state index in [1.165, 1.54) is 11.5 Å². The lowest BCUT2D eigenvalue weighted by molar-refractivity contribution is -0.120. The summed E-state index contributed by atoms with van der Waals surface area (Å²) in [5.74, 6) is 1.74. The molecule has 1 atom stereocenters. The minimum atomic E-state index is 0.0999. The maximum Gasteiger partial charge on any atom is 0.221 e. The molecule has 0 saturated heterocycles. The fourth-order valence-corrected chi connectivity index (χ4v) is 3.65. The Balaban J connectivity index is 2.01. The Morgan fingerprint density at radius 2 is 2.18 bits per heavy atom. The van der Waals surface area contributed by atoms with E-state index in [1.807, 2.05) is 18.2 Å². The number of aromatic nitrogens is 2. The first kappa shape index (κ1) is 22.1. The van der Waals surface area contributed by atoms with Crippen LogP contribution in [0.25, 0.3) is 0 Å². The normalized spacial score (nSPS) is 11.9. The lowest BCUT2D eigenvalue weighted by Crippen LogP contribution is -2.36. The predicted octanol–water partition coefficient (Wildman–Crippen LogP) is 4.05. The Morgan fingerprint density at radius 3 is 2.89 bits per heavy atom. The molecular formula is C21H32N4O2S. The van der Waals surface area contributed by atoms with Crippen LogP contribution in [0.4, 0.5) is 5.13 Å². The van der Waals surface area contributed by atoms with Gasteiger partial charge in [0.1, 0.15) is 11.6 Å². The molecule has 2 rings (SSSR count). The van der Waals surface area contributed by atoms with E-state index in [9.17, 15) is 4.79 Å². The number of methoxy groups -OCH3 is 1. The van der Waals surface area contributed by atoms with Crippen molar-refractivity contribution in [2.75, 3.05) is 25.1 Å². The maximum atomic E-state index is 12.1. The molecule has 0 radical (unpaired) electrons. The molecule has 1 aromatic heterocycles. The number of rotatable bonds is 12. The van der Waals surface area contributed by atoms with Gasteiger partial charge in [-0.2, -0.15) is 4.37 Å². The van der Waals surface area contributed by atoms with Crippen molar-refractivity contribution in [2.24, 2.45) is 0 Å². The third kappa shape index (κ3) is 6.78. The van der Waals surface area contributed by atoms with Crippen molar-refractivity contribution in [1.82, 2.24) is 14.7 Å². The minimum absolute atomic E-state index is 0.0999. The zero-order valence-electron chi connectivity index (χ0n) is 17.4. The van der Waals surface area contributed by atoms with Crippen molar-refractivity contribution in [3.05, 3.63) is 35.7 Å². The van der Waals surface area contributed by atoms with Crippen molar-refractivity contribution in [3.8, 4) is 5.75 Å². The van der Waals surface area contributed by atoms with Gasteiger partial charge < -0.3 is 15.0 Å². The fraction of sp³-hybridized carbons (Fsp3) is 0.571. The number of unbranched alkanes of at least 4 members (excludes halogenated alkanes) is 1. The van der Waals surface area contributed by atoms with Crippen molar-refractivity contribution < 1.29 is 9.53 Å². The number of carbonyl (C=O) groups excluding carboxylic acids is 1. The molecule has 0 unspecified atom stereocenters. The van der Waals surface area contributed by atoms with Gasteiger partial charge in [-0.1, -0.05) is 32.4 Å². The van der Waals surface area contributed by atoms with Crippen LogP contribution in [0.1, 0.15) is 57.8 Å². The fourth-order valence-electron chi connectivity index (χ4n) is 2.84. The largest absolute Gasteiger partial charge is 0.497 e. The summed E-state index contributed by atoms with van der Waals surface area (Å²) < 4.78 is 9.83. The van der Waals surface area contributed by atoms with Crippen LogP contribution in [-0.2, 0) is 11.2 Å². The number of hydrogen-bond donors (Lipinski definition) is 1. The Labute approximate surface area is 172 Å². The highest BCUT2D eigenvalue weighted by atomic mass is 32.1. The Hall–Kier alpha value is -2.15. The number of ether oxygens (including phenoxy) is 1. The van der Waals surface area contributed by atoms with Crippen molar-refractivity contribution in [2.45, 2.75) is 58.9 Å². The average Bonchev–Trinajstić information content (AvgIpc) is 3.16. The summed E-state index contributed by atoms with van der Waals surface area (Å²) in [6, 6.07) is 8.27. The van der Waals surface area contributed by atoms with E-state index in [-0.39, 0.29) is 5.91 Å². The number of nitrogens with zero attached hydrogens (tertiary/aromatic N) is 3. The topological polar surface area (TPSA) is 67.4 Å². The summed E-state index contributed by atoms with van der Waals surface area (Å²) in [6.45, 7) is 7.84. The zero-order chi connectivity index (χ0) is 20.4. The van der Waals surface area contributed by atoms with Crippen LogP contribution in [0, 0.1) is 0 Å². The molecule has 0 aliphatic carbocycles. The highest BCUT2D eigenvalue weighted by Crippen LogP contribution is 2.23. The van der Waals surface area contributed by atoms with E-state index in [4.69, 9.17) is 9.72 Å². The van der Waals surface area contributed by atoms with E-state index in [0.717, 1.165) is 48.1 Å². The first-order valence-corrected chi connectivity index (χ1v) is 10.8. The number of carbonyl (C=O) groups is 1. The summed E-state index contributed by atoms with van der Waals surface area (Å²) in [4.78, 5) is 19.0. The minimum Gasteiger partial charge on any atom is -0.497 e. The van der Waals surface area contributed by atoms with Gasteiger partial charge in [0, 0.05) is 43.5 Å². The second kappa shape index (κ2) is 11.6.